The molecule has 0 atom stereocenters. The first-order chi connectivity index (χ1) is 16.4. The van der Waals surface area contributed by atoms with Gasteiger partial charge in [0.1, 0.15) is 11.5 Å². The van der Waals surface area contributed by atoms with Gasteiger partial charge in [-0.3, -0.25) is 0 Å². The van der Waals surface area contributed by atoms with E-state index in [9.17, 15) is 0 Å². The van der Waals surface area contributed by atoms with Crippen LogP contribution >= 0.6 is 0 Å². The molecular formula is C32H52O4. The molecular weight excluding hydrogens is 448 g/mol. The van der Waals surface area contributed by atoms with E-state index in [1.165, 1.54) is 11.1 Å². The van der Waals surface area contributed by atoms with E-state index in [0.717, 1.165) is 49.1 Å². The van der Waals surface area contributed by atoms with Crippen LogP contribution in [0.4, 0.5) is 0 Å². The lowest BCUT2D eigenvalue weighted by Gasteiger charge is -1.93. The minimum absolute atomic E-state index is 0. The molecule has 3 aromatic carbocycles. The van der Waals surface area contributed by atoms with Gasteiger partial charge in [0.15, 0.2) is 11.5 Å². The van der Waals surface area contributed by atoms with Gasteiger partial charge in [0.05, 0.1) is 13.2 Å². The highest BCUT2D eigenvalue weighted by Crippen LogP contribution is 2.30. The van der Waals surface area contributed by atoms with E-state index in [1.54, 1.807) is 0 Å². The number of ether oxygens (including phenoxy) is 4. The average Bonchev–Trinajstić information content (AvgIpc) is 3.69. The molecule has 4 heteroatoms. The summed E-state index contributed by atoms with van der Waals surface area (Å²) in [4.78, 5) is 0. The van der Waals surface area contributed by atoms with Crippen LogP contribution in [-0.2, 0) is 12.8 Å². The van der Waals surface area contributed by atoms with Gasteiger partial charge in [0.2, 0.25) is 6.79 Å². The molecule has 0 radical (unpaired) electrons. The predicted molar refractivity (Wildman–Crippen MR) is 158 cm³/mol. The van der Waals surface area contributed by atoms with Crippen molar-refractivity contribution >= 4 is 0 Å². The highest BCUT2D eigenvalue weighted by Gasteiger charge is 2.10. The zero-order valence-corrected chi connectivity index (χ0v) is 21.1. The number of rotatable bonds is 0. The Hall–Kier alpha value is -3.14. The maximum atomic E-state index is 5.30. The Morgan fingerprint density at radius 3 is 1.06 bits per heavy atom. The van der Waals surface area contributed by atoms with E-state index in [-0.39, 0.29) is 22.3 Å². The summed E-state index contributed by atoms with van der Waals surface area (Å²) in [5.41, 5.74) is 2.69. The maximum Gasteiger partial charge on any atom is 0.231 e. The molecule has 0 saturated heterocycles. The fraction of sp³-hybridized carbons (Fsp3) is 0.438. The minimum Gasteiger partial charge on any atom is -0.493 e. The first-order valence-corrected chi connectivity index (χ1v) is 12.2. The topological polar surface area (TPSA) is 36.9 Å². The molecule has 204 valence electrons. The number of para-hydroxylation sites is 4. The van der Waals surface area contributed by atoms with E-state index in [4.69, 9.17) is 18.9 Å². The molecule has 0 spiro atoms. The molecule has 6 rings (SSSR count). The van der Waals surface area contributed by atoms with Crippen molar-refractivity contribution < 1.29 is 18.9 Å². The number of hydrogen-bond acceptors (Lipinski definition) is 4. The van der Waals surface area contributed by atoms with Crippen molar-refractivity contribution in [3.8, 4) is 23.0 Å². The number of fused-ring (bicyclic) bond motifs is 3. The molecule has 0 saturated carbocycles. The van der Waals surface area contributed by atoms with Gasteiger partial charge in [-0.2, -0.15) is 0 Å². The molecule has 0 unspecified atom stereocenters. The molecule has 3 aliphatic heterocycles. The second-order valence-corrected chi connectivity index (χ2v) is 6.27. The molecule has 3 aliphatic rings. The third-order valence-corrected chi connectivity index (χ3v) is 4.48. The normalized spacial score (nSPS) is 11.3. The second kappa shape index (κ2) is 23.6. The van der Waals surface area contributed by atoms with Crippen LogP contribution in [0.25, 0.3) is 0 Å². The molecule has 0 aliphatic carbocycles. The minimum atomic E-state index is 0. The van der Waals surface area contributed by atoms with Gasteiger partial charge in [0, 0.05) is 12.8 Å². The summed E-state index contributed by atoms with van der Waals surface area (Å²) in [7, 11) is 0. The van der Waals surface area contributed by atoms with Crippen LogP contribution in [0.1, 0.15) is 74.9 Å². The summed E-state index contributed by atoms with van der Waals surface area (Å²) in [6, 6.07) is 24.0. The lowest BCUT2D eigenvalue weighted by molar-refractivity contribution is 0.174. The SMILES string of the molecule is C.C.C.CC.CC.CC.c1ccc2c(c1)CCO2.c1ccc2c(c1)CCO2.c1ccc2c(c1)OCO2. The van der Waals surface area contributed by atoms with Gasteiger partial charge in [-0.25, -0.2) is 0 Å². The standard InChI is InChI=1S/2C8H8O.C7H6O2.3C2H6.3CH4/c2*1-2-4-8-7(3-1)5-6-9-8;1-2-4-7-6(3-1)8-5-9-7;3*1-2;;;/h2*1-4H,5-6H2;1-4H,5H2;3*1-2H3;3*1H4. The molecule has 4 nitrogen and oxygen atoms in total. The van der Waals surface area contributed by atoms with Gasteiger partial charge >= 0.3 is 0 Å². The van der Waals surface area contributed by atoms with Gasteiger partial charge in [-0.15, -0.1) is 0 Å². The first kappa shape index (κ1) is 37.4. The van der Waals surface area contributed by atoms with Crippen molar-refractivity contribution in [3.63, 3.8) is 0 Å². The Labute approximate surface area is 222 Å². The molecule has 0 fully saturated rings. The van der Waals surface area contributed by atoms with Crippen LogP contribution in [0.2, 0.25) is 0 Å². The predicted octanol–water partition coefficient (Wildman–Crippen LogP) is 9.65. The van der Waals surface area contributed by atoms with Crippen LogP contribution in [0, 0.1) is 0 Å². The fourth-order valence-corrected chi connectivity index (χ4v) is 3.09. The highest BCUT2D eigenvalue weighted by atomic mass is 16.7. The van der Waals surface area contributed by atoms with Crippen LogP contribution in [0.15, 0.2) is 72.8 Å². The summed E-state index contributed by atoms with van der Waals surface area (Å²) in [6.07, 6.45) is 2.16. The quantitative estimate of drug-likeness (QED) is 0.308. The largest absolute Gasteiger partial charge is 0.493 e. The van der Waals surface area contributed by atoms with E-state index in [1.807, 2.05) is 102 Å². The van der Waals surface area contributed by atoms with Gasteiger partial charge in [-0.1, -0.05) is 112 Å². The molecule has 0 bridgehead atoms. The third kappa shape index (κ3) is 12.0. The average molecular weight is 501 g/mol. The van der Waals surface area contributed by atoms with Crippen LogP contribution in [0.3, 0.4) is 0 Å². The van der Waals surface area contributed by atoms with Crippen molar-refractivity contribution in [2.24, 2.45) is 0 Å². The lowest BCUT2D eigenvalue weighted by atomic mass is 10.2. The Morgan fingerprint density at radius 1 is 0.417 bits per heavy atom. The van der Waals surface area contributed by atoms with Crippen LogP contribution in [-0.4, -0.2) is 20.0 Å². The summed E-state index contributed by atoms with van der Waals surface area (Å²) in [5.74, 6) is 3.82. The van der Waals surface area contributed by atoms with E-state index >= 15 is 0 Å². The second-order valence-electron chi connectivity index (χ2n) is 6.27. The molecule has 0 amide bonds. The van der Waals surface area contributed by atoms with Crippen LogP contribution in [0.5, 0.6) is 23.0 Å². The van der Waals surface area contributed by atoms with E-state index in [2.05, 4.69) is 12.1 Å². The lowest BCUT2D eigenvalue weighted by Crippen LogP contribution is -1.92. The molecule has 0 aromatic heterocycles. The summed E-state index contributed by atoms with van der Waals surface area (Å²) in [5, 5.41) is 0. The summed E-state index contributed by atoms with van der Waals surface area (Å²) < 4.78 is 20.7. The maximum absolute atomic E-state index is 5.30. The fourth-order valence-electron chi connectivity index (χ4n) is 3.09. The molecule has 0 N–H and O–H groups in total. The van der Waals surface area contributed by atoms with Crippen molar-refractivity contribution in [3.05, 3.63) is 83.9 Å². The Balaban J connectivity index is -0.000000396. The zero-order chi connectivity index (χ0) is 24.3. The Morgan fingerprint density at radius 2 is 0.722 bits per heavy atom. The Kier molecular flexibility index (Phi) is 24.5. The highest BCUT2D eigenvalue weighted by molar-refractivity contribution is 5.41. The van der Waals surface area contributed by atoms with Gasteiger partial charge in [0.25, 0.3) is 0 Å². The molecule has 36 heavy (non-hydrogen) atoms. The molecule has 3 aromatic rings. The van der Waals surface area contributed by atoms with Crippen molar-refractivity contribution in [2.75, 3.05) is 20.0 Å². The first-order valence-electron chi connectivity index (χ1n) is 12.2. The summed E-state index contributed by atoms with van der Waals surface area (Å²) >= 11 is 0. The van der Waals surface area contributed by atoms with Crippen molar-refractivity contribution in [1.29, 1.82) is 0 Å². The van der Waals surface area contributed by atoms with Crippen molar-refractivity contribution in [2.45, 2.75) is 76.7 Å². The summed E-state index contributed by atoms with van der Waals surface area (Å²) in [6.45, 7) is 14.1. The van der Waals surface area contributed by atoms with E-state index < -0.39 is 0 Å². The number of hydrogen-bond donors (Lipinski definition) is 0. The van der Waals surface area contributed by atoms with Gasteiger partial charge < -0.3 is 18.9 Å². The monoisotopic (exact) mass is 500 g/mol. The van der Waals surface area contributed by atoms with Crippen molar-refractivity contribution in [1.82, 2.24) is 0 Å². The smallest absolute Gasteiger partial charge is 0.231 e. The van der Waals surface area contributed by atoms with E-state index in [0.29, 0.717) is 6.79 Å². The Bertz CT molecular complexity index is 706. The number of benzene rings is 3. The zero-order valence-electron chi connectivity index (χ0n) is 21.1. The molecule has 3 heterocycles. The third-order valence-electron chi connectivity index (χ3n) is 4.48. The van der Waals surface area contributed by atoms with Gasteiger partial charge in [-0.05, 0) is 35.4 Å². The van der Waals surface area contributed by atoms with Crippen LogP contribution < -0.4 is 18.9 Å².